The lowest BCUT2D eigenvalue weighted by Crippen LogP contribution is -2.17. The van der Waals surface area contributed by atoms with Crippen LogP contribution in [0.1, 0.15) is 83.6 Å². The van der Waals surface area contributed by atoms with Crippen molar-refractivity contribution in [2.45, 2.75) is 90.3 Å². The van der Waals surface area contributed by atoms with Gasteiger partial charge >= 0.3 is 5.97 Å². The van der Waals surface area contributed by atoms with Crippen molar-refractivity contribution in [1.29, 1.82) is 5.26 Å². The summed E-state index contributed by atoms with van der Waals surface area (Å²) in [4.78, 5) is 21.1. The Morgan fingerprint density at radius 1 is 1.24 bits per heavy atom. The van der Waals surface area contributed by atoms with Crippen molar-refractivity contribution in [1.82, 2.24) is 24.3 Å². The molecular weight excluding hydrogens is 428 g/mol. The third kappa shape index (κ3) is 5.64. The Hall–Kier alpha value is -3.21. The lowest BCUT2D eigenvalue weighted by molar-refractivity contribution is -0.147. The van der Waals surface area contributed by atoms with Gasteiger partial charge in [-0.15, -0.1) is 0 Å². The van der Waals surface area contributed by atoms with Crippen LogP contribution in [-0.2, 0) is 16.3 Å². The quantitative estimate of drug-likeness (QED) is 0.249. The second kappa shape index (κ2) is 11.8. The monoisotopic (exact) mass is 462 g/mol. The molecule has 1 saturated carbocycles. The molecule has 1 aliphatic carbocycles. The number of hydrogen-bond acceptors (Lipinski definition) is 6. The van der Waals surface area contributed by atoms with Crippen LogP contribution < -0.4 is 0 Å². The Morgan fingerprint density at radius 2 is 2.06 bits per heavy atom. The molecule has 1 fully saturated rings. The van der Waals surface area contributed by atoms with Crippen LogP contribution in [0.15, 0.2) is 31.0 Å². The molecule has 0 N–H and O–H groups in total. The van der Waals surface area contributed by atoms with Crippen molar-refractivity contribution in [2.75, 3.05) is 0 Å². The zero-order valence-electron chi connectivity index (χ0n) is 20.0. The molecule has 180 valence electrons. The van der Waals surface area contributed by atoms with Crippen LogP contribution in [0.4, 0.5) is 0 Å². The molecule has 3 aromatic rings. The molecule has 1 atom stereocenters. The minimum atomic E-state index is -0.177. The maximum atomic E-state index is 12.1. The molecule has 0 spiro atoms. The van der Waals surface area contributed by atoms with E-state index in [-0.39, 0.29) is 18.7 Å². The number of fused-ring (bicyclic) bond motifs is 1. The summed E-state index contributed by atoms with van der Waals surface area (Å²) < 4.78 is 9.26. The van der Waals surface area contributed by atoms with Crippen molar-refractivity contribution in [3.8, 4) is 17.3 Å². The first-order chi connectivity index (χ1) is 16.7. The van der Waals surface area contributed by atoms with E-state index in [4.69, 9.17) is 4.74 Å². The highest BCUT2D eigenvalue weighted by molar-refractivity contribution is 5.90. The topological polar surface area (TPSA) is 98.6 Å². The van der Waals surface area contributed by atoms with Gasteiger partial charge in [-0.1, -0.05) is 45.4 Å². The molecule has 1 aliphatic rings. The fraction of sp³-hybridized carbons (Fsp3) is 0.577. The van der Waals surface area contributed by atoms with E-state index in [0.29, 0.717) is 18.8 Å². The molecular formula is C26H34N6O2. The predicted molar refractivity (Wildman–Crippen MR) is 129 cm³/mol. The Labute approximate surface area is 201 Å². The largest absolute Gasteiger partial charge is 0.444 e. The van der Waals surface area contributed by atoms with Crippen molar-refractivity contribution >= 4 is 17.0 Å². The van der Waals surface area contributed by atoms with E-state index in [1.807, 2.05) is 33.9 Å². The van der Waals surface area contributed by atoms with Gasteiger partial charge in [-0.05, 0) is 31.2 Å². The lowest BCUT2D eigenvalue weighted by Gasteiger charge is -2.21. The fourth-order valence-electron chi connectivity index (χ4n) is 4.98. The maximum Gasteiger partial charge on any atom is 0.307 e. The molecule has 8 heteroatoms. The number of aromatic nitrogens is 5. The molecule has 4 rings (SSSR count). The number of nitriles is 1. The van der Waals surface area contributed by atoms with Crippen molar-refractivity contribution in [2.24, 2.45) is 5.92 Å². The molecule has 0 saturated heterocycles. The van der Waals surface area contributed by atoms with Gasteiger partial charge in [0.1, 0.15) is 12.0 Å². The smallest absolute Gasteiger partial charge is 0.307 e. The summed E-state index contributed by atoms with van der Waals surface area (Å²) in [5, 5.41) is 14.8. The summed E-state index contributed by atoms with van der Waals surface area (Å²) in [5.74, 6) is 0.324. The van der Waals surface area contributed by atoms with Gasteiger partial charge in [0.05, 0.1) is 30.4 Å². The number of ether oxygens (including phenoxy) is 1. The number of rotatable bonds is 12. The van der Waals surface area contributed by atoms with E-state index in [0.717, 1.165) is 48.0 Å². The van der Waals surface area contributed by atoms with Gasteiger partial charge in [0, 0.05) is 29.8 Å². The standard InChI is InChI=1S/C26H34N6O2/c1-2-3-4-5-6-11-24(33)34-19-31-15-13-22-25(28-18-29-26(22)31)21-16-30-32(17-21)23(12-14-27)20-9-7-8-10-20/h13,15-18,20,23H,2-12,19H2,1H3/t23-/m1/s1. The fourth-order valence-corrected chi connectivity index (χ4v) is 4.98. The van der Waals surface area contributed by atoms with Gasteiger partial charge in [-0.2, -0.15) is 10.4 Å². The van der Waals surface area contributed by atoms with Crippen LogP contribution >= 0.6 is 0 Å². The molecule has 0 unspecified atom stereocenters. The molecule has 3 aromatic heterocycles. The van der Waals surface area contributed by atoms with Crippen LogP contribution in [0.25, 0.3) is 22.3 Å². The highest BCUT2D eigenvalue weighted by Gasteiger charge is 2.27. The highest BCUT2D eigenvalue weighted by Crippen LogP contribution is 2.36. The van der Waals surface area contributed by atoms with Gasteiger partial charge in [0.2, 0.25) is 0 Å². The maximum absolute atomic E-state index is 12.1. The zero-order chi connectivity index (χ0) is 23.8. The van der Waals surface area contributed by atoms with E-state index in [1.165, 1.54) is 38.4 Å². The van der Waals surface area contributed by atoms with E-state index in [9.17, 15) is 10.1 Å². The molecule has 0 amide bonds. The van der Waals surface area contributed by atoms with Crippen molar-refractivity contribution in [3.05, 3.63) is 31.0 Å². The zero-order valence-corrected chi connectivity index (χ0v) is 20.0. The van der Waals surface area contributed by atoms with Gasteiger partial charge in [-0.3, -0.25) is 14.0 Å². The summed E-state index contributed by atoms with van der Waals surface area (Å²) in [7, 11) is 0. The Balaban J connectivity index is 1.44. The first-order valence-corrected chi connectivity index (χ1v) is 12.6. The van der Waals surface area contributed by atoms with Gasteiger partial charge in [0.15, 0.2) is 6.73 Å². The second-order valence-corrected chi connectivity index (χ2v) is 9.24. The summed E-state index contributed by atoms with van der Waals surface area (Å²) in [6, 6.07) is 4.39. The molecule has 0 bridgehead atoms. The number of carbonyl (C=O) groups excluding carboxylic acids is 1. The van der Waals surface area contributed by atoms with Gasteiger partial charge in [-0.25, -0.2) is 9.97 Å². The third-order valence-corrected chi connectivity index (χ3v) is 6.86. The lowest BCUT2D eigenvalue weighted by atomic mass is 9.96. The highest BCUT2D eigenvalue weighted by atomic mass is 16.5. The SMILES string of the molecule is CCCCCCCC(=O)OCn1ccc2c(-c3cnn([C@H](CC#N)C4CCCC4)c3)ncnc21. The first kappa shape index (κ1) is 23.9. The summed E-state index contributed by atoms with van der Waals surface area (Å²) >= 11 is 0. The first-order valence-electron chi connectivity index (χ1n) is 12.6. The molecule has 0 aliphatic heterocycles. The third-order valence-electron chi connectivity index (χ3n) is 6.86. The summed E-state index contributed by atoms with van der Waals surface area (Å²) in [5.41, 5.74) is 2.41. The van der Waals surface area contributed by atoms with E-state index >= 15 is 0 Å². The minimum Gasteiger partial charge on any atom is -0.444 e. The molecule has 3 heterocycles. The van der Waals surface area contributed by atoms with Crippen molar-refractivity contribution in [3.63, 3.8) is 0 Å². The number of nitrogens with zero attached hydrogens (tertiary/aromatic N) is 6. The van der Waals surface area contributed by atoms with E-state index < -0.39 is 0 Å². The molecule has 0 radical (unpaired) electrons. The van der Waals surface area contributed by atoms with Crippen LogP contribution in [-0.4, -0.2) is 30.3 Å². The predicted octanol–water partition coefficient (Wildman–Crippen LogP) is 5.80. The molecule has 8 nitrogen and oxygen atoms in total. The van der Waals surface area contributed by atoms with Gasteiger partial charge in [0.25, 0.3) is 0 Å². The number of hydrogen-bond donors (Lipinski definition) is 0. The Bertz CT molecular complexity index is 1120. The second-order valence-electron chi connectivity index (χ2n) is 9.24. The van der Waals surface area contributed by atoms with Gasteiger partial charge < -0.3 is 4.74 Å². The summed E-state index contributed by atoms with van der Waals surface area (Å²) in [6.07, 6.45) is 18.4. The van der Waals surface area contributed by atoms with Crippen LogP contribution in [0.5, 0.6) is 0 Å². The Morgan fingerprint density at radius 3 is 2.85 bits per heavy atom. The van der Waals surface area contributed by atoms with E-state index in [2.05, 4.69) is 28.1 Å². The van der Waals surface area contributed by atoms with Crippen molar-refractivity contribution < 1.29 is 9.53 Å². The van der Waals surface area contributed by atoms with E-state index in [1.54, 1.807) is 0 Å². The molecule has 0 aromatic carbocycles. The van der Waals surface area contributed by atoms with Crippen LogP contribution in [0, 0.1) is 17.2 Å². The average molecular weight is 463 g/mol. The minimum absolute atomic E-state index is 0.101. The molecule has 34 heavy (non-hydrogen) atoms. The van der Waals surface area contributed by atoms with Crippen LogP contribution in [0.2, 0.25) is 0 Å². The normalized spacial score (nSPS) is 14.9. The number of esters is 1. The average Bonchev–Trinajstić information content (AvgIpc) is 3.62. The van der Waals surface area contributed by atoms with Crippen LogP contribution in [0.3, 0.4) is 0 Å². The summed E-state index contributed by atoms with van der Waals surface area (Å²) in [6.45, 7) is 2.32. The number of carbonyl (C=O) groups is 1. The number of unbranched alkanes of at least 4 members (excludes halogenated alkanes) is 4. The Kier molecular flexibility index (Phi) is 8.29.